The van der Waals surface area contributed by atoms with Gasteiger partial charge in [-0.05, 0) is 24.0 Å². The molecule has 0 atom stereocenters. The Kier molecular flexibility index (Phi) is 3.74. The van der Waals surface area contributed by atoms with Crippen molar-refractivity contribution in [3.05, 3.63) is 54.1 Å². The lowest BCUT2D eigenvalue weighted by atomic mass is 10.0. The lowest BCUT2D eigenvalue weighted by Gasteiger charge is -2.21. The third kappa shape index (κ3) is 2.62. The summed E-state index contributed by atoms with van der Waals surface area (Å²) in [5, 5.41) is 0. The first-order valence-electron chi connectivity index (χ1n) is 6.79. The highest BCUT2D eigenvalue weighted by molar-refractivity contribution is 6.17. The Bertz CT molecular complexity index is 541. The molecule has 19 heavy (non-hydrogen) atoms. The average Bonchev–Trinajstić information content (AvgIpc) is 3.01. The van der Waals surface area contributed by atoms with Gasteiger partial charge in [0, 0.05) is 30.6 Å². The maximum atomic E-state index is 5.85. The predicted molar refractivity (Wildman–Crippen MR) is 81.7 cm³/mol. The molecule has 2 heteroatoms. The molecule has 1 heterocycles. The number of nitrogens with zero attached hydrogens (tertiary/aromatic N) is 1. The molecule has 1 aliphatic heterocycles. The normalized spacial score (nSPS) is 14.9. The van der Waals surface area contributed by atoms with Crippen molar-refractivity contribution >= 4 is 17.3 Å². The van der Waals surface area contributed by atoms with Gasteiger partial charge in [0.05, 0.1) is 5.69 Å². The second-order valence-corrected chi connectivity index (χ2v) is 5.22. The van der Waals surface area contributed by atoms with Gasteiger partial charge < -0.3 is 4.90 Å². The van der Waals surface area contributed by atoms with Crippen LogP contribution in [0.1, 0.15) is 18.4 Å². The van der Waals surface area contributed by atoms with Crippen molar-refractivity contribution in [1.82, 2.24) is 0 Å². The molecule has 1 saturated heterocycles. The number of hydrogen-bond acceptors (Lipinski definition) is 1. The summed E-state index contributed by atoms with van der Waals surface area (Å²) in [5.74, 6) is 0.570. The molecule has 0 saturated carbocycles. The number of hydrogen-bond donors (Lipinski definition) is 0. The van der Waals surface area contributed by atoms with E-state index in [2.05, 4.69) is 47.4 Å². The summed E-state index contributed by atoms with van der Waals surface area (Å²) in [6, 6.07) is 18.2. The highest BCUT2D eigenvalue weighted by Crippen LogP contribution is 2.32. The molecule has 1 aliphatic rings. The minimum atomic E-state index is 0.570. The first kappa shape index (κ1) is 12.6. The summed E-state index contributed by atoms with van der Waals surface area (Å²) >= 11 is 5.85. The molecule has 0 spiro atoms. The van der Waals surface area contributed by atoms with Crippen molar-refractivity contribution < 1.29 is 0 Å². The Hall–Kier alpha value is -1.47. The SMILES string of the molecule is ClCc1ccc(-c2ccc[c]c2N2CCCC2)cc1. The van der Waals surface area contributed by atoms with E-state index in [1.165, 1.54) is 29.7 Å². The van der Waals surface area contributed by atoms with Crippen LogP contribution in [0.15, 0.2) is 42.5 Å². The molecule has 97 valence electrons. The van der Waals surface area contributed by atoms with Crippen LogP contribution < -0.4 is 4.90 Å². The first-order valence-corrected chi connectivity index (χ1v) is 7.33. The summed E-state index contributed by atoms with van der Waals surface area (Å²) in [6.45, 7) is 2.29. The van der Waals surface area contributed by atoms with Crippen molar-refractivity contribution in [1.29, 1.82) is 0 Å². The van der Waals surface area contributed by atoms with Gasteiger partial charge >= 0.3 is 0 Å². The quantitative estimate of drug-likeness (QED) is 0.743. The Morgan fingerprint density at radius 3 is 2.47 bits per heavy atom. The second kappa shape index (κ2) is 5.66. The van der Waals surface area contributed by atoms with E-state index in [1.807, 2.05) is 6.07 Å². The van der Waals surface area contributed by atoms with Gasteiger partial charge in [0.25, 0.3) is 0 Å². The van der Waals surface area contributed by atoms with E-state index in [9.17, 15) is 0 Å². The van der Waals surface area contributed by atoms with E-state index in [-0.39, 0.29) is 0 Å². The summed E-state index contributed by atoms with van der Waals surface area (Å²) in [7, 11) is 0. The number of para-hydroxylation sites is 1. The molecule has 0 amide bonds. The molecule has 0 unspecified atom stereocenters. The number of anilines is 1. The van der Waals surface area contributed by atoms with Gasteiger partial charge in [-0.2, -0.15) is 0 Å². The number of halogens is 1. The Balaban J connectivity index is 1.98. The van der Waals surface area contributed by atoms with E-state index in [4.69, 9.17) is 11.6 Å². The van der Waals surface area contributed by atoms with Crippen molar-refractivity contribution in [2.75, 3.05) is 18.0 Å². The summed E-state index contributed by atoms with van der Waals surface area (Å²) < 4.78 is 0. The third-order valence-corrected chi connectivity index (χ3v) is 3.98. The van der Waals surface area contributed by atoms with Crippen molar-refractivity contribution in [3.8, 4) is 11.1 Å². The maximum absolute atomic E-state index is 5.85. The third-order valence-electron chi connectivity index (χ3n) is 3.68. The van der Waals surface area contributed by atoms with Crippen LogP contribution in [0.2, 0.25) is 0 Å². The van der Waals surface area contributed by atoms with E-state index in [1.54, 1.807) is 0 Å². The summed E-state index contributed by atoms with van der Waals surface area (Å²) in [6.07, 6.45) is 2.57. The van der Waals surface area contributed by atoms with Gasteiger partial charge in [-0.15, -0.1) is 11.6 Å². The molecule has 0 aliphatic carbocycles. The van der Waals surface area contributed by atoms with E-state index in [0.717, 1.165) is 18.7 Å². The molecular weight excluding hydrogens is 254 g/mol. The van der Waals surface area contributed by atoms with Crippen LogP contribution in [0.5, 0.6) is 0 Å². The van der Waals surface area contributed by atoms with E-state index >= 15 is 0 Å². The Morgan fingerprint density at radius 2 is 1.79 bits per heavy atom. The zero-order valence-corrected chi connectivity index (χ0v) is 11.7. The van der Waals surface area contributed by atoms with Gasteiger partial charge in [-0.1, -0.05) is 42.5 Å². The Morgan fingerprint density at radius 1 is 1.05 bits per heavy atom. The van der Waals surface area contributed by atoms with Crippen LogP contribution in [0.25, 0.3) is 11.1 Å². The van der Waals surface area contributed by atoms with E-state index in [0.29, 0.717) is 5.88 Å². The fourth-order valence-corrected chi connectivity index (χ4v) is 2.81. The molecule has 3 rings (SSSR count). The summed E-state index contributed by atoms with van der Waals surface area (Å²) in [5.41, 5.74) is 4.91. The van der Waals surface area contributed by atoms with Gasteiger partial charge in [0.15, 0.2) is 0 Å². The predicted octanol–water partition coefficient (Wildman–Crippen LogP) is 4.49. The standard InChI is InChI=1S/C17H17ClN/c18-13-14-7-9-15(10-8-14)16-5-1-2-6-17(16)19-11-3-4-12-19/h1-2,5,7-10H,3-4,11-13H2. The van der Waals surface area contributed by atoms with Crippen molar-refractivity contribution in [2.45, 2.75) is 18.7 Å². The number of benzene rings is 2. The largest absolute Gasteiger partial charge is 0.371 e. The van der Waals surface area contributed by atoms with Gasteiger partial charge in [0.1, 0.15) is 0 Å². The van der Waals surface area contributed by atoms with Crippen LogP contribution in [0.4, 0.5) is 5.69 Å². The highest BCUT2D eigenvalue weighted by atomic mass is 35.5. The van der Waals surface area contributed by atoms with Crippen molar-refractivity contribution in [2.24, 2.45) is 0 Å². The minimum absolute atomic E-state index is 0.570. The second-order valence-electron chi connectivity index (χ2n) is 4.96. The summed E-state index contributed by atoms with van der Waals surface area (Å²) in [4.78, 5) is 2.44. The van der Waals surface area contributed by atoms with Gasteiger partial charge in [0.2, 0.25) is 0 Å². The topological polar surface area (TPSA) is 3.24 Å². The number of rotatable bonds is 3. The van der Waals surface area contributed by atoms with Crippen LogP contribution in [0.3, 0.4) is 0 Å². The zero-order valence-electron chi connectivity index (χ0n) is 10.9. The van der Waals surface area contributed by atoms with Crippen LogP contribution in [-0.2, 0) is 5.88 Å². The molecule has 0 N–H and O–H groups in total. The zero-order chi connectivity index (χ0) is 13.1. The van der Waals surface area contributed by atoms with E-state index < -0.39 is 0 Å². The first-order chi connectivity index (χ1) is 9.38. The lowest BCUT2D eigenvalue weighted by Crippen LogP contribution is -2.18. The molecule has 0 aromatic heterocycles. The smallest absolute Gasteiger partial charge is 0.0526 e. The fourth-order valence-electron chi connectivity index (χ4n) is 2.64. The van der Waals surface area contributed by atoms with Crippen LogP contribution >= 0.6 is 11.6 Å². The Labute approximate surface area is 119 Å². The van der Waals surface area contributed by atoms with Crippen LogP contribution in [0, 0.1) is 6.07 Å². The average molecular weight is 271 g/mol. The minimum Gasteiger partial charge on any atom is -0.371 e. The fraction of sp³-hybridized carbons (Fsp3) is 0.294. The van der Waals surface area contributed by atoms with Crippen molar-refractivity contribution in [3.63, 3.8) is 0 Å². The molecule has 2 aromatic rings. The van der Waals surface area contributed by atoms with Gasteiger partial charge in [-0.25, -0.2) is 0 Å². The molecule has 1 fully saturated rings. The maximum Gasteiger partial charge on any atom is 0.0526 e. The van der Waals surface area contributed by atoms with Gasteiger partial charge in [-0.3, -0.25) is 0 Å². The highest BCUT2D eigenvalue weighted by Gasteiger charge is 2.16. The molecule has 2 aromatic carbocycles. The molecule has 0 bridgehead atoms. The number of alkyl halides is 1. The van der Waals surface area contributed by atoms with Crippen LogP contribution in [-0.4, -0.2) is 13.1 Å². The molecular formula is C17H17ClN. The lowest BCUT2D eigenvalue weighted by molar-refractivity contribution is 0.949. The molecule has 1 radical (unpaired) electrons. The molecule has 1 nitrogen and oxygen atoms in total. The monoisotopic (exact) mass is 270 g/mol.